The number of carboxylic acids is 1. The van der Waals surface area contributed by atoms with Crippen LogP contribution >= 0.6 is 0 Å². The van der Waals surface area contributed by atoms with Gasteiger partial charge in [-0.1, -0.05) is 30.3 Å². The second kappa shape index (κ2) is 8.57. The number of fused-ring (bicyclic) bond motifs is 1. The number of hydrogen-bond donors (Lipinski definition) is 1. The van der Waals surface area contributed by atoms with Crippen molar-refractivity contribution >= 4 is 16.0 Å². The lowest BCUT2D eigenvalue weighted by Gasteiger charge is -2.24. The maximum absolute atomic E-state index is 11.8. The van der Waals surface area contributed by atoms with E-state index in [1.807, 2.05) is 6.07 Å². The summed E-state index contributed by atoms with van der Waals surface area (Å²) in [4.78, 5) is 11.4. The summed E-state index contributed by atoms with van der Waals surface area (Å²) < 4.78 is 57.0. The highest BCUT2D eigenvalue weighted by Gasteiger charge is 2.45. The molecule has 1 aromatic carbocycles. The number of rotatable bonds is 4. The molecule has 2 aliphatic rings. The maximum atomic E-state index is 11.8. The summed E-state index contributed by atoms with van der Waals surface area (Å²) in [6.07, 6.45) is -0.746. The molecule has 0 amide bonds. The molecule has 10 heteroatoms. The van der Waals surface area contributed by atoms with E-state index in [1.54, 1.807) is 4.31 Å². The minimum Gasteiger partial charge on any atom is -0.475 e. The number of benzene rings is 1. The Bertz CT molecular complexity index is 740. The number of likely N-dealkylation sites (tertiary alicyclic amines) is 1. The van der Waals surface area contributed by atoms with Crippen molar-refractivity contribution in [3.05, 3.63) is 35.9 Å². The molecule has 2 heterocycles. The molecule has 6 nitrogen and oxygen atoms in total. The first-order valence-electron chi connectivity index (χ1n) is 8.55. The van der Waals surface area contributed by atoms with Crippen LogP contribution in [-0.2, 0) is 21.2 Å². The van der Waals surface area contributed by atoms with Crippen LogP contribution in [-0.4, -0.2) is 72.8 Å². The summed E-state index contributed by atoms with van der Waals surface area (Å²) in [5.41, 5.74) is 1.36. The summed E-state index contributed by atoms with van der Waals surface area (Å²) in [7, 11) is -3.04. The molecule has 0 unspecified atom stereocenters. The molecular formula is C17H23F3N2O4S. The Balaban J connectivity index is 0.000000321. The molecule has 0 spiro atoms. The van der Waals surface area contributed by atoms with Gasteiger partial charge in [0.2, 0.25) is 10.0 Å². The molecule has 0 bridgehead atoms. The van der Waals surface area contributed by atoms with E-state index >= 15 is 0 Å². The maximum Gasteiger partial charge on any atom is 0.490 e. The molecule has 2 atom stereocenters. The van der Waals surface area contributed by atoms with Gasteiger partial charge in [-0.25, -0.2) is 13.2 Å². The predicted octanol–water partition coefficient (Wildman–Crippen LogP) is 1.97. The number of aliphatic carboxylic acids is 1. The largest absolute Gasteiger partial charge is 0.490 e. The number of carboxylic acid groups (broad SMARTS) is 1. The lowest BCUT2D eigenvalue weighted by atomic mass is 10.1. The van der Waals surface area contributed by atoms with Gasteiger partial charge in [-0.3, -0.25) is 4.90 Å². The molecule has 0 aliphatic carbocycles. The van der Waals surface area contributed by atoms with Crippen molar-refractivity contribution < 1.29 is 31.5 Å². The quantitative estimate of drug-likeness (QED) is 0.824. The minimum absolute atomic E-state index is 0.209. The average Bonchev–Trinajstić information content (AvgIpc) is 3.15. The zero-order chi connectivity index (χ0) is 20.2. The molecule has 2 aliphatic heterocycles. The van der Waals surface area contributed by atoms with Gasteiger partial charge in [0.05, 0.1) is 6.26 Å². The van der Waals surface area contributed by atoms with Gasteiger partial charge in [-0.05, 0) is 24.8 Å². The molecule has 0 aromatic heterocycles. The highest BCUT2D eigenvalue weighted by Crippen LogP contribution is 2.33. The van der Waals surface area contributed by atoms with Crippen LogP contribution < -0.4 is 0 Å². The fraction of sp³-hybridized carbons (Fsp3) is 0.588. The van der Waals surface area contributed by atoms with Crippen LogP contribution in [0, 0.1) is 0 Å². The van der Waals surface area contributed by atoms with Gasteiger partial charge >= 0.3 is 12.1 Å². The van der Waals surface area contributed by atoms with Gasteiger partial charge in [0.1, 0.15) is 0 Å². The van der Waals surface area contributed by atoms with E-state index in [4.69, 9.17) is 9.90 Å². The van der Waals surface area contributed by atoms with Gasteiger partial charge in [-0.15, -0.1) is 0 Å². The monoisotopic (exact) mass is 408 g/mol. The number of carbonyl (C=O) groups is 1. The number of halogens is 3. The first-order chi connectivity index (χ1) is 12.5. The van der Waals surface area contributed by atoms with Crippen LogP contribution in [0.4, 0.5) is 13.2 Å². The molecular weight excluding hydrogens is 385 g/mol. The van der Waals surface area contributed by atoms with E-state index in [0.29, 0.717) is 12.6 Å². The molecule has 2 saturated heterocycles. The lowest BCUT2D eigenvalue weighted by Crippen LogP contribution is -2.39. The van der Waals surface area contributed by atoms with Gasteiger partial charge in [0.15, 0.2) is 0 Å². The van der Waals surface area contributed by atoms with Crippen molar-refractivity contribution in [2.24, 2.45) is 0 Å². The molecule has 3 rings (SSSR count). The smallest absolute Gasteiger partial charge is 0.475 e. The molecule has 1 aromatic rings. The van der Waals surface area contributed by atoms with Gasteiger partial charge in [0, 0.05) is 31.7 Å². The Morgan fingerprint density at radius 2 is 1.70 bits per heavy atom. The Hall–Kier alpha value is -1.65. The normalized spacial score (nSPS) is 23.6. The Labute approximate surface area is 156 Å². The third-order valence-electron chi connectivity index (χ3n) is 4.84. The molecule has 0 saturated carbocycles. The number of alkyl halides is 3. The van der Waals surface area contributed by atoms with Gasteiger partial charge in [-0.2, -0.15) is 17.5 Å². The first-order valence-corrected chi connectivity index (χ1v) is 10.4. The van der Waals surface area contributed by atoms with Crippen molar-refractivity contribution in [3.8, 4) is 0 Å². The van der Waals surface area contributed by atoms with Crippen molar-refractivity contribution in [2.75, 3.05) is 25.9 Å². The predicted molar refractivity (Wildman–Crippen MR) is 93.8 cm³/mol. The Morgan fingerprint density at radius 3 is 2.22 bits per heavy atom. The zero-order valence-electron chi connectivity index (χ0n) is 14.9. The highest BCUT2D eigenvalue weighted by molar-refractivity contribution is 7.88. The molecule has 27 heavy (non-hydrogen) atoms. The van der Waals surface area contributed by atoms with E-state index in [-0.39, 0.29) is 6.04 Å². The number of hydrogen-bond acceptors (Lipinski definition) is 4. The highest BCUT2D eigenvalue weighted by atomic mass is 32.2. The van der Waals surface area contributed by atoms with Gasteiger partial charge in [0.25, 0.3) is 0 Å². The summed E-state index contributed by atoms with van der Waals surface area (Å²) in [6, 6.07) is 11.1. The van der Waals surface area contributed by atoms with E-state index in [0.717, 1.165) is 32.4 Å². The second-order valence-corrected chi connectivity index (χ2v) is 8.60. The Kier molecular flexibility index (Phi) is 6.87. The van der Waals surface area contributed by atoms with Crippen LogP contribution in [0.3, 0.4) is 0 Å². The van der Waals surface area contributed by atoms with Crippen LogP contribution in [0.1, 0.15) is 18.4 Å². The molecule has 152 valence electrons. The summed E-state index contributed by atoms with van der Waals surface area (Å²) in [6.45, 7) is 2.74. The number of nitrogens with zero attached hydrogens (tertiary/aromatic N) is 2. The summed E-state index contributed by atoms with van der Waals surface area (Å²) in [5, 5.41) is 7.12. The zero-order valence-corrected chi connectivity index (χ0v) is 15.7. The number of sulfonamides is 1. The average molecular weight is 408 g/mol. The Morgan fingerprint density at radius 1 is 1.15 bits per heavy atom. The van der Waals surface area contributed by atoms with E-state index in [1.165, 1.54) is 11.8 Å². The topological polar surface area (TPSA) is 77.9 Å². The van der Waals surface area contributed by atoms with Crippen molar-refractivity contribution in [1.29, 1.82) is 0 Å². The first kappa shape index (κ1) is 21.6. The fourth-order valence-electron chi connectivity index (χ4n) is 3.64. The summed E-state index contributed by atoms with van der Waals surface area (Å²) in [5.74, 6) is -2.76. The fourth-order valence-corrected chi connectivity index (χ4v) is 4.82. The van der Waals surface area contributed by atoms with Crippen molar-refractivity contribution in [3.63, 3.8) is 0 Å². The third kappa shape index (κ3) is 5.91. The summed E-state index contributed by atoms with van der Waals surface area (Å²) >= 11 is 0. The van der Waals surface area contributed by atoms with E-state index in [9.17, 15) is 21.6 Å². The van der Waals surface area contributed by atoms with Crippen LogP contribution in [0.25, 0.3) is 0 Å². The minimum atomic E-state index is -5.08. The van der Waals surface area contributed by atoms with Gasteiger partial charge < -0.3 is 5.11 Å². The van der Waals surface area contributed by atoms with Crippen LogP contribution in [0.2, 0.25) is 0 Å². The molecule has 2 fully saturated rings. The molecule has 1 N–H and O–H groups in total. The van der Waals surface area contributed by atoms with E-state index in [2.05, 4.69) is 29.2 Å². The van der Waals surface area contributed by atoms with Crippen LogP contribution in [0.15, 0.2) is 30.3 Å². The molecule has 0 radical (unpaired) electrons. The van der Waals surface area contributed by atoms with Crippen molar-refractivity contribution in [2.45, 2.75) is 37.5 Å². The lowest BCUT2D eigenvalue weighted by molar-refractivity contribution is -0.192. The second-order valence-electron chi connectivity index (χ2n) is 6.66. The standard InChI is InChI=1S/C15H22N2O2S.C2HF3O2/c1-20(18,19)17-12-9-14-15(17)8-11-16(14)10-7-13-5-3-2-4-6-13;3-2(4,5)1(6)7/h2-6,14-15H,7-12H2,1H3;(H,6,7)/t14-,15+;/m1./s1. The van der Waals surface area contributed by atoms with E-state index < -0.39 is 22.2 Å². The third-order valence-corrected chi connectivity index (χ3v) is 6.14. The SMILES string of the molecule is CS(=O)(=O)N1CC[C@@H]2[C@@H]1CCN2CCc1ccccc1.O=C(O)C(F)(F)F. The van der Waals surface area contributed by atoms with Crippen LogP contribution in [0.5, 0.6) is 0 Å². The van der Waals surface area contributed by atoms with Crippen molar-refractivity contribution in [1.82, 2.24) is 9.21 Å².